The van der Waals surface area contributed by atoms with Crippen LogP contribution in [0.5, 0.6) is 0 Å². The van der Waals surface area contributed by atoms with Crippen LogP contribution in [0, 0.1) is 0 Å². The third-order valence-electron chi connectivity index (χ3n) is 1.54. The van der Waals surface area contributed by atoms with Crippen LogP contribution in [0.3, 0.4) is 0 Å². The molecule has 7 heteroatoms. The molecule has 14 heavy (non-hydrogen) atoms. The molecule has 0 fully saturated rings. The molecule has 0 atom stereocenters. The number of nitrogens with zero attached hydrogens (tertiary/aromatic N) is 2. The van der Waals surface area contributed by atoms with Crippen LogP contribution in [0.2, 0.25) is 0 Å². The molecule has 0 unspecified atom stereocenters. The molecule has 0 bridgehead atoms. The Morgan fingerprint density at radius 2 is 1.93 bits per heavy atom. The van der Waals surface area contributed by atoms with E-state index < -0.39 is 0 Å². The van der Waals surface area contributed by atoms with E-state index in [-0.39, 0.29) is 24.8 Å². The number of fused-ring (bicyclic) bond motifs is 1. The number of thiophene rings is 1. The second kappa shape index (κ2) is 5.31. The molecular weight excluding hydrogens is 243 g/mol. The molecule has 2 rings (SSSR count). The summed E-state index contributed by atoms with van der Waals surface area (Å²) in [4.78, 5) is 1.10. The minimum absolute atomic E-state index is 0. The van der Waals surface area contributed by atoms with E-state index in [1.807, 2.05) is 12.1 Å². The van der Waals surface area contributed by atoms with Gasteiger partial charge in [0.15, 0.2) is 0 Å². The fourth-order valence-corrected chi connectivity index (χ4v) is 1.92. The Bertz CT molecular complexity index is 417. The van der Waals surface area contributed by atoms with Gasteiger partial charge in [0.2, 0.25) is 0 Å². The maximum absolute atomic E-state index is 5.48. The number of hydrogen-bond acceptors (Lipinski definition) is 5. The fraction of sp³-hybridized carbons (Fsp3) is 0.143. The zero-order chi connectivity index (χ0) is 8.55. The van der Waals surface area contributed by atoms with Crippen molar-refractivity contribution in [3.8, 4) is 0 Å². The Hall–Kier alpha value is -0.620. The molecule has 2 heterocycles. The SMILES string of the molecule is Cl.Cl.NCc1cc2nnc(N)cc2s1. The fourth-order valence-electron chi connectivity index (χ4n) is 1.00. The summed E-state index contributed by atoms with van der Waals surface area (Å²) in [5, 5.41) is 7.68. The van der Waals surface area contributed by atoms with Crippen LogP contribution in [0.1, 0.15) is 4.88 Å². The van der Waals surface area contributed by atoms with Gasteiger partial charge in [-0.15, -0.1) is 46.3 Å². The third-order valence-corrected chi connectivity index (χ3v) is 2.64. The van der Waals surface area contributed by atoms with E-state index in [0.717, 1.165) is 15.1 Å². The van der Waals surface area contributed by atoms with Crippen molar-refractivity contribution in [1.29, 1.82) is 0 Å². The van der Waals surface area contributed by atoms with E-state index >= 15 is 0 Å². The van der Waals surface area contributed by atoms with Crippen LogP contribution in [0.4, 0.5) is 5.82 Å². The number of hydrogen-bond donors (Lipinski definition) is 2. The Labute approximate surface area is 97.5 Å². The van der Waals surface area contributed by atoms with Crippen LogP contribution in [0.25, 0.3) is 10.2 Å². The first-order valence-corrected chi connectivity index (χ1v) is 4.33. The zero-order valence-corrected chi connectivity index (χ0v) is 9.59. The van der Waals surface area contributed by atoms with Crippen molar-refractivity contribution in [3.05, 3.63) is 17.0 Å². The first-order chi connectivity index (χ1) is 5.79. The standard InChI is InChI=1S/C7H8N4S.2ClH/c8-3-4-1-5-6(12-4)2-7(9)11-10-5;;/h1-2H,3,8H2,(H2,9,11);2*1H. The van der Waals surface area contributed by atoms with Gasteiger partial charge in [-0.05, 0) is 6.07 Å². The topological polar surface area (TPSA) is 77.8 Å². The minimum atomic E-state index is 0. The van der Waals surface area contributed by atoms with E-state index in [2.05, 4.69) is 10.2 Å². The monoisotopic (exact) mass is 252 g/mol. The zero-order valence-electron chi connectivity index (χ0n) is 7.14. The van der Waals surface area contributed by atoms with Crippen LogP contribution in [0.15, 0.2) is 12.1 Å². The molecule has 0 amide bonds. The van der Waals surface area contributed by atoms with Crippen LogP contribution in [-0.4, -0.2) is 10.2 Å². The lowest BCUT2D eigenvalue weighted by atomic mass is 10.4. The summed E-state index contributed by atoms with van der Waals surface area (Å²) in [6.07, 6.45) is 0. The van der Waals surface area contributed by atoms with Crippen molar-refractivity contribution >= 4 is 52.2 Å². The van der Waals surface area contributed by atoms with E-state index in [1.165, 1.54) is 0 Å². The molecule has 78 valence electrons. The number of anilines is 1. The highest BCUT2D eigenvalue weighted by atomic mass is 35.5. The third kappa shape index (κ3) is 2.45. The summed E-state index contributed by atoms with van der Waals surface area (Å²) in [6.45, 7) is 0.543. The van der Waals surface area contributed by atoms with Gasteiger partial charge in [0.05, 0.1) is 4.70 Å². The minimum Gasteiger partial charge on any atom is -0.382 e. The van der Waals surface area contributed by atoms with Gasteiger partial charge < -0.3 is 11.5 Å². The van der Waals surface area contributed by atoms with Gasteiger partial charge in [0.1, 0.15) is 11.3 Å². The lowest BCUT2D eigenvalue weighted by Crippen LogP contribution is -1.91. The number of nitrogens with two attached hydrogens (primary N) is 2. The van der Waals surface area contributed by atoms with E-state index in [4.69, 9.17) is 11.5 Å². The lowest BCUT2D eigenvalue weighted by Gasteiger charge is -1.87. The second-order valence-corrected chi connectivity index (χ2v) is 3.60. The number of nitrogen functional groups attached to an aromatic ring is 1. The predicted octanol–water partition coefficient (Wildman–Crippen LogP) is 1.58. The summed E-state index contributed by atoms with van der Waals surface area (Å²) in [5.74, 6) is 0.452. The molecule has 0 aromatic carbocycles. The highest BCUT2D eigenvalue weighted by Gasteiger charge is 2.01. The van der Waals surface area contributed by atoms with Crippen molar-refractivity contribution in [3.63, 3.8) is 0 Å². The summed E-state index contributed by atoms with van der Waals surface area (Å²) in [7, 11) is 0. The van der Waals surface area contributed by atoms with Crippen molar-refractivity contribution in [2.45, 2.75) is 6.54 Å². The smallest absolute Gasteiger partial charge is 0.147 e. The normalized spacial score (nSPS) is 9.21. The molecule has 0 radical (unpaired) electrons. The number of aromatic nitrogens is 2. The maximum Gasteiger partial charge on any atom is 0.147 e. The van der Waals surface area contributed by atoms with E-state index in [1.54, 1.807) is 11.3 Å². The van der Waals surface area contributed by atoms with Gasteiger partial charge in [0, 0.05) is 17.5 Å². The van der Waals surface area contributed by atoms with Crippen LogP contribution in [-0.2, 0) is 6.54 Å². The number of rotatable bonds is 1. The van der Waals surface area contributed by atoms with Crippen molar-refractivity contribution in [2.75, 3.05) is 5.73 Å². The van der Waals surface area contributed by atoms with E-state index in [9.17, 15) is 0 Å². The molecule has 0 aliphatic rings. The predicted molar refractivity (Wildman–Crippen MR) is 64.2 cm³/mol. The maximum atomic E-state index is 5.48. The molecule has 0 aliphatic heterocycles. The Morgan fingerprint density at radius 1 is 1.21 bits per heavy atom. The molecule has 0 saturated carbocycles. The van der Waals surface area contributed by atoms with Gasteiger partial charge in [-0.3, -0.25) is 0 Å². The average Bonchev–Trinajstić information content (AvgIpc) is 2.46. The molecule has 4 N–H and O–H groups in total. The van der Waals surface area contributed by atoms with E-state index in [0.29, 0.717) is 12.4 Å². The summed E-state index contributed by atoms with van der Waals surface area (Å²) >= 11 is 1.60. The highest BCUT2D eigenvalue weighted by Crippen LogP contribution is 2.23. The number of halogens is 2. The average molecular weight is 253 g/mol. The molecule has 0 saturated heterocycles. The molecule has 2 aromatic heterocycles. The summed E-state index contributed by atoms with van der Waals surface area (Å²) in [6, 6.07) is 3.75. The van der Waals surface area contributed by atoms with Crippen LogP contribution >= 0.6 is 36.2 Å². The first-order valence-electron chi connectivity index (χ1n) is 3.51. The van der Waals surface area contributed by atoms with Crippen molar-refractivity contribution < 1.29 is 0 Å². The van der Waals surface area contributed by atoms with Gasteiger partial charge in [0.25, 0.3) is 0 Å². The van der Waals surface area contributed by atoms with Gasteiger partial charge in [-0.1, -0.05) is 0 Å². The molecule has 0 spiro atoms. The largest absolute Gasteiger partial charge is 0.382 e. The molecular formula is C7H10Cl2N4S. The second-order valence-electron chi connectivity index (χ2n) is 2.44. The van der Waals surface area contributed by atoms with Gasteiger partial charge in [-0.25, -0.2) is 0 Å². The highest BCUT2D eigenvalue weighted by molar-refractivity contribution is 7.19. The summed E-state index contributed by atoms with van der Waals surface area (Å²) in [5.41, 5.74) is 11.8. The Balaban J connectivity index is 0.000000845. The molecule has 2 aromatic rings. The molecule has 4 nitrogen and oxygen atoms in total. The van der Waals surface area contributed by atoms with Gasteiger partial charge in [-0.2, -0.15) is 0 Å². The quantitative estimate of drug-likeness (QED) is 0.808. The first kappa shape index (κ1) is 13.4. The van der Waals surface area contributed by atoms with Crippen molar-refractivity contribution in [1.82, 2.24) is 10.2 Å². The Morgan fingerprint density at radius 3 is 2.57 bits per heavy atom. The van der Waals surface area contributed by atoms with Crippen molar-refractivity contribution in [2.24, 2.45) is 5.73 Å². The summed E-state index contributed by atoms with van der Waals surface area (Å²) < 4.78 is 1.04. The lowest BCUT2D eigenvalue weighted by molar-refractivity contribution is 1.08. The van der Waals surface area contributed by atoms with Gasteiger partial charge >= 0.3 is 0 Å². The Kier molecular flexibility index (Phi) is 5.07. The molecule has 0 aliphatic carbocycles. The van der Waals surface area contributed by atoms with Crippen LogP contribution < -0.4 is 11.5 Å².